The Labute approximate surface area is 266 Å². The molecule has 237 valence electrons. The number of nitrogens with zero attached hydrogens (tertiary/aromatic N) is 3. The molecule has 0 bridgehead atoms. The van der Waals surface area contributed by atoms with E-state index in [0.717, 1.165) is 76.4 Å². The van der Waals surface area contributed by atoms with Crippen LogP contribution in [0.2, 0.25) is 6.04 Å². The number of aromatic nitrogens is 4. The van der Waals surface area contributed by atoms with Crippen molar-refractivity contribution in [2.45, 2.75) is 96.4 Å². The third-order valence-corrected chi connectivity index (χ3v) is 10.9. The lowest BCUT2D eigenvalue weighted by molar-refractivity contribution is 0.0393. The van der Waals surface area contributed by atoms with Crippen molar-refractivity contribution in [1.82, 2.24) is 29.8 Å². The SMILES string of the molecule is CC(C)(C)OC(=O)NC1CCCC1c1ncc(-c2ccc(-c3ccc4nc([Si]5CCCN5C(=O)OC(C)(C)C)[nH]c4c3)cc2)[nH]1. The third-order valence-electron chi connectivity index (χ3n) is 8.18. The summed E-state index contributed by atoms with van der Waals surface area (Å²) < 4.78 is 13.0. The number of fused-ring (bicyclic) bond motifs is 1. The molecule has 2 aliphatic rings. The minimum Gasteiger partial charge on any atom is -0.444 e. The average Bonchev–Trinajstić information content (AvgIpc) is 3.76. The highest BCUT2D eigenvalue weighted by Crippen LogP contribution is 2.35. The highest BCUT2D eigenvalue weighted by atomic mass is 28.3. The second-order valence-electron chi connectivity index (χ2n) is 14.0. The summed E-state index contributed by atoms with van der Waals surface area (Å²) in [7, 11) is -1.34. The molecule has 2 fully saturated rings. The molecule has 1 saturated carbocycles. The smallest absolute Gasteiger partial charge is 0.407 e. The van der Waals surface area contributed by atoms with Crippen molar-refractivity contribution in [3.63, 3.8) is 0 Å². The lowest BCUT2D eigenvalue weighted by Gasteiger charge is -2.26. The fraction of sp³-hybridized carbons (Fsp3) is 0.471. The van der Waals surface area contributed by atoms with Crippen molar-refractivity contribution in [3.05, 3.63) is 54.5 Å². The number of rotatable bonds is 5. The summed E-state index contributed by atoms with van der Waals surface area (Å²) in [6.45, 7) is 12.0. The van der Waals surface area contributed by atoms with Gasteiger partial charge in [-0.25, -0.2) is 19.6 Å². The van der Waals surface area contributed by atoms with Crippen LogP contribution in [0, 0.1) is 0 Å². The number of nitrogens with one attached hydrogen (secondary N) is 3. The van der Waals surface area contributed by atoms with Gasteiger partial charge in [0.2, 0.25) is 0 Å². The van der Waals surface area contributed by atoms with Crippen molar-refractivity contribution < 1.29 is 19.1 Å². The van der Waals surface area contributed by atoms with Crippen LogP contribution in [-0.4, -0.2) is 69.4 Å². The van der Waals surface area contributed by atoms with E-state index in [0.29, 0.717) is 6.54 Å². The van der Waals surface area contributed by atoms with Crippen LogP contribution in [0.25, 0.3) is 33.4 Å². The maximum atomic E-state index is 12.9. The number of hydrogen-bond donors (Lipinski definition) is 3. The summed E-state index contributed by atoms with van der Waals surface area (Å²) >= 11 is 0. The molecule has 10 nitrogen and oxygen atoms in total. The molecular weight excluding hydrogens is 584 g/mol. The Morgan fingerprint density at radius 2 is 1.62 bits per heavy atom. The first-order chi connectivity index (χ1) is 21.3. The number of aromatic amines is 2. The summed E-state index contributed by atoms with van der Waals surface area (Å²) in [5.41, 5.74) is 5.88. The maximum Gasteiger partial charge on any atom is 0.407 e. The molecule has 2 amide bonds. The maximum absolute atomic E-state index is 12.9. The van der Waals surface area contributed by atoms with Gasteiger partial charge >= 0.3 is 12.2 Å². The fourth-order valence-electron chi connectivity index (χ4n) is 6.20. The molecule has 1 aliphatic carbocycles. The molecule has 6 rings (SSSR count). The molecule has 11 heteroatoms. The molecule has 2 aromatic carbocycles. The zero-order valence-corrected chi connectivity index (χ0v) is 28.0. The van der Waals surface area contributed by atoms with Crippen molar-refractivity contribution >= 4 is 37.6 Å². The number of hydrogen-bond acceptors (Lipinski definition) is 6. The normalized spacial score (nSPS) is 19.3. The molecule has 3 N–H and O–H groups in total. The second kappa shape index (κ2) is 12.0. The number of carbonyl (C=O) groups excluding carboxylic acids is 2. The minimum absolute atomic E-state index is 0.00449. The Morgan fingerprint density at radius 1 is 0.911 bits per heavy atom. The molecular formula is C34H43N6O4Si. The summed E-state index contributed by atoms with van der Waals surface area (Å²) in [4.78, 5) is 41.9. The largest absolute Gasteiger partial charge is 0.444 e. The van der Waals surface area contributed by atoms with Crippen molar-refractivity contribution in [1.29, 1.82) is 0 Å². The Kier molecular flexibility index (Phi) is 8.23. The van der Waals surface area contributed by atoms with Gasteiger partial charge in [-0.1, -0.05) is 36.8 Å². The Hall–Kier alpha value is -4.12. The first-order valence-corrected chi connectivity index (χ1v) is 17.5. The molecule has 1 radical (unpaired) electrons. The topological polar surface area (TPSA) is 125 Å². The van der Waals surface area contributed by atoms with E-state index < -0.39 is 20.2 Å². The summed E-state index contributed by atoms with van der Waals surface area (Å²) in [5.74, 6) is 1.02. The zero-order valence-electron chi connectivity index (χ0n) is 27.0. The predicted octanol–water partition coefficient (Wildman–Crippen LogP) is 6.62. The van der Waals surface area contributed by atoms with Gasteiger partial charge in [0.1, 0.15) is 22.5 Å². The van der Waals surface area contributed by atoms with E-state index >= 15 is 0 Å². The summed E-state index contributed by atoms with van der Waals surface area (Å²) in [6, 6.07) is 15.6. The van der Waals surface area contributed by atoms with Gasteiger partial charge in [-0.2, -0.15) is 0 Å². The van der Waals surface area contributed by atoms with Crippen LogP contribution in [0.3, 0.4) is 0 Å². The van der Waals surface area contributed by atoms with Crippen LogP contribution in [0.1, 0.15) is 79.0 Å². The van der Waals surface area contributed by atoms with Gasteiger partial charge in [0.25, 0.3) is 8.96 Å². The molecule has 2 aromatic heterocycles. The van der Waals surface area contributed by atoms with Gasteiger partial charge in [0.05, 0.1) is 22.9 Å². The Balaban J connectivity index is 1.14. The number of benzene rings is 2. The molecule has 1 saturated heterocycles. The first kappa shape index (κ1) is 30.9. The standard InChI is InChI=1S/C34H43N6O4Si/c1-33(2,3)43-31(41)39-25-10-7-9-24(25)29-35-20-28(36-29)22-13-11-21(12-14-22)23-15-16-26-27(19-23)38-30(37-26)45-18-8-17-40(45)32(42)44-34(4,5)6/h11-16,19-20,24-25H,7-10,17-18H2,1-6H3,(H,35,36)(H,37,38)(H,39,41). The third kappa shape index (κ3) is 7.08. The number of imidazole rings is 2. The van der Waals surface area contributed by atoms with E-state index in [1.165, 1.54) is 0 Å². The van der Waals surface area contributed by atoms with Gasteiger partial charge < -0.3 is 29.3 Å². The number of ether oxygens (including phenoxy) is 2. The number of H-pyrrole nitrogens is 2. The van der Waals surface area contributed by atoms with Gasteiger partial charge in [-0.3, -0.25) is 0 Å². The van der Waals surface area contributed by atoms with E-state index in [9.17, 15) is 9.59 Å². The van der Waals surface area contributed by atoms with E-state index in [2.05, 4.69) is 51.7 Å². The number of amides is 2. The molecule has 2 unspecified atom stereocenters. The number of alkyl carbamates (subject to hydrolysis) is 1. The highest BCUT2D eigenvalue weighted by Gasteiger charge is 2.37. The van der Waals surface area contributed by atoms with Crippen LogP contribution in [0.15, 0.2) is 48.7 Å². The van der Waals surface area contributed by atoms with Crippen molar-refractivity contribution in [3.8, 4) is 22.4 Å². The molecule has 45 heavy (non-hydrogen) atoms. The minimum atomic E-state index is -1.34. The van der Waals surface area contributed by atoms with E-state index in [1.54, 1.807) is 0 Å². The van der Waals surface area contributed by atoms with Crippen LogP contribution in [0.4, 0.5) is 9.59 Å². The summed E-state index contributed by atoms with van der Waals surface area (Å²) in [6.07, 6.45) is 5.10. The van der Waals surface area contributed by atoms with Gasteiger partial charge in [-0.05, 0) is 95.7 Å². The average molecular weight is 628 g/mol. The van der Waals surface area contributed by atoms with E-state index in [-0.39, 0.29) is 24.1 Å². The monoisotopic (exact) mass is 627 g/mol. The molecule has 0 spiro atoms. The first-order valence-electron chi connectivity index (χ1n) is 15.8. The van der Waals surface area contributed by atoms with Gasteiger partial charge in [0, 0.05) is 18.5 Å². The number of carbonyl (C=O) groups is 2. The zero-order chi connectivity index (χ0) is 31.9. The van der Waals surface area contributed by atoms with Crippen LogP contribution in [-0.2, 0) is 9.47 Å². The highest BCUT2D eigenvalue weighted by molar-refractivity contribution is 6.71. The summed E-state index contributed by atoms with van der Waals surface area (Å²) in [5, 5.41) is 3.05. The van der Waals surface area contributed by atoms with Gasteiger partial charge in [-0.15, -0.1) is 0 Å². The van der Waals surface area contributed by atoms with Gasteiger partial charge in [0.15, 0.2) is 0 Å². The fourth-order valence-corrected chi connectivity index (χ4v) is 8.68. The Bertz CT molecular complexity index is 1680. The molecule has 4 aromatic rings. The molecule has 2 atom stereocenters. The van der Waals surface area contributed by atoms with E-state index in [4.69, 9.17) is 19.4 Å². The quantitative estimate of drug-likeness (QED) is 0.214. The lowest BCUT2D eigenvalue weighted by Crippen LogP contribution is -2.50. The molecule has 3 heterocycles. The molecule has 1 aliphatic heterocycles. The van der Waals surface area contributed by atoms with Crippen molar-refractivity contribution in [2.75, 3.05) is 6.54 Å². The van der Waals surface area contributed by atoms with Crippen LogP contribution in [0.5, 0.6) is 0 Å². The Morgan fingerprint density at radius 3 is 2.36 bits per heavy atom. The van der Waals surface area contributed by atoms with Crippen molar-refractivity contribution in [2.24, 2.45) is 0 Å². The van der Waals surface area contributed by atoms with E-state index in [1.807, 2.05) is 58.4 Å². The second-order valence-corrected chi connectivity index (χ2v) is 16.5. The van der Waals surface area contributed by atoms with Crippen LogP contribution < -0.4 is 10.8 Å². The lowest BCUT2D eigenvalue weighted by atomic mass is 10.0. The predicted molar refractivity (Wildman–Crippen MR) is 177 cm³/mol. The van der Waals surface area contributed by atoms with Crippen LogP contribution >= 0.6 is 0 Å².